The number of carbonyl (C=O) groups excluding carboxylic acids is 3. The quantitative estimate of drug-likeness (QED) is 0.200. The van der Waals surface area contributed by atoms with E-state index in [0.717, 1.165) is 6.42 Å². The lowest BCUT2D eigenvalue weighted by molar-refractivity contribution is -0.142. The minimum absolute atomic E-state index is 0.00590. The zero-order valence-electron chi connectivity index (χ0n) is 25.3. The fourth-order valence-electron chi connectivity index (χ4n) is 3.76. The lowest BCUT2D eigenvalue weighted by Crippen LogP contribution is -2.38. The molecule has 0 radical (unpaired) electrons. The van der Waals surface area contributed by atoms with Gasteiger partial charge in [0.15, 0.2) is 11.5 Å². The van der Waals surface area contributed by atoms with Gasteiger partial charge in [-0.2, -0.15) is 0 Å². The van der Waals surface area contributed by atoms with Gasteiger partial charge in [0.2, 0.25) is 0 Å². The van der Waals surface area contributed by atoms with Crippen LogP contribution in [0.2, 0.25) is 0 Å². The molecule has 10 heteroatoms. The number of benzene rings is 1. The van der Waals surface area contributed by atoms with Crippen molar-refractivity contribution < 1.29 is 43.2 Å². The van der Waals surface area contributed by atoms with Gasteiger partial charge in [-0.3, -0.25) is 14.4 Å². The average Bonchev–Trinajstić information content (AvgIpc) is 2.86. The zero-order chi connectivity index (χ0) is 30.7. The van der Waals surface area contributed by atoms with Crippen LogP contribution in [-0.4, -0.2) is 47.4 Å². The SMILES string of the molecule is CCCC(C)OC(=O)OC(C)CC(c1ccc(OC(=O)C(C)C(C)C)c(OC(=O)C(C)C(C)C)c1)[C@H](N)C(=O)O. The van der Waals surface area contributed by atoms with Crippen molar-refractivity contribution in [1.29, 1.82) is 0 Å². The summed E-state index contributed by atoms with van der Waals surface area (Å²) in [5.41, 5.74) is 6.47. The smallest absolute Gasteiger partial charge is 0.480 e. The first-order valence-corrected chi connectivity index (χ1v) is 14.0. The summed E-state index contributed by atoms with van der Waals surface area (Å²) in [6, 6.07) is 3.11. The van der Waals surface area contributed by atoms with Crippen molar-refractivity contribution in [2.75, 3.05) is 0 Å². The molecule has 0 saturated carbocycles. The van der Waals surface area contributed by atoms with Gasteiger partial charge in [-0.25, -0.2) is 4.79 Å². The number of carboxylic acid groups (broad SMARTS) is 1. The second-order valence-corrected chi connectivity index (χ2v) is 11.2. The molecule has 0 saturated heterocycles. The number of nitrogens with two attached hydrogens (primary N) is 1. The molecule has 1 rings (SSSR count). The van der Waals surface area contributed by atoms with Crippen LogP contribution in [0.25, 0.3) is 0 Å². The minimum Gasteiger partial charge on any atom is -0.480 e. The Hall–Kier alpha value is -3.14. The first kappa shape index (κ1) is 34.9. The second-order valence-electron chi connectivity index (χ2n) is 11.2. The molecule has 10 nitrogen and oxygen atoms in total. The first-order valence-electron chi connectivity index (χ1n) is 14.0. The predicted octanol–water partition coefficient (Wildman–Crippen LogP) is 5.70. The minimum atomic E-state index is -1.37. The average molecular weight is 566 g/mol. The Labute approximate surface area is 237 Å². The van der Waals surface area contributed by atoms with Gasteiger partial charge in [0, 0.05) is 5.92 Å². The van der Waals surface area contributed by atoms with Crippen LogP contribution >= 0.6 is 0 Å². The highest BCUT2D eigenvalue weighted by molar-refractivity contribution is 5.79. The molecule has 1 aromatic carbocycles. The van der Waals surface area contributed by atoms with Crippen LogP contribution in [0.15, 0.2) is 18.2 Å². The van der Waals surface area contributed by atoms with Crippen LogP contribution in [0.1, 0.15) is 93.1 Å². The Morgan fingerprint density at radius 2 is 1.30 bits per heavy atom. The Balaban J connectivity index is 3.38. The Kier molecular flexibility index (Phi) is 14.1. The highest BCUT2D eigenvalue weighted by atomic mass is 16.7. The molecule has 5 unspecified atom stereocenters. The van der Waals surface area contributed by atoms with Crippen molar-refractivity contribution in [2.24, 2.45) is 29.4 Å². The maximum absolute atomic E-state index is 12.8. The fraction of sp³-hybridized carbons (Fsp3) is 0.667. The highest BCUT2D eigenvalue weighted by Gasteiger charge is 2.31. The van der Waals surface area contributed by atoms with E-state index in [9.17, 15) is 24.3 Å². The molecule has 6 atom stereocenters. The molecule has 0 fully saturated rings. The summed E-state index contributed by atoms with van der Waals surface area (Å²) in [6.45, 7) is 16.4. The van der Waals surface area contributed by atoms with E-state index in [1.807, 2.05) is 34.6 Å². The number of ether oxygens (including phenoxy) is 4. The number of hydrogen-bond donors (Lipinski definition) is 2. The van der Waals surface area contributed by atoms with Crippen molar-refractivity contribution in [3.05, 3.63) is 23.8 Å². The van der Waals surface area contributed by atoms with Gasteiger partial charge in [0.1, 0.15) is 18.2 Å². The van der Waals surface area contributed by atoms with Crippen molar-refractivity contribution in [3.8, 4) is 11.5 Å². The molecular weight excluding hydrogens is 518 g/mol. The molecule has 0 bridgehead atoms. The van der Waals surface area contributed by atoms with Crippen LogP contribution in [0, 0.1) is 23.7 Å². The second kappa shape index (κ2) is 16.2. The molecule has 0 aliphatic heterocycles. The monoisotopic (exact) mass is 565 g/mol. The maximum Gasteiger partial charge on any atom is 0.508 e. The van der Waals surface area contributed by atoms with Gasteiger partial charge in [-0.15, -0.1) is 0 Å². The van der Waals surface area contributed by atoms with E-state index in [2.05, 4.69) is 0 Å². The Morgan fingerprint density at radius 1 is 0.800 bits per heavy atom. The molecule has 0 amide bonds. The molecule has 3 N–H and O–H groups in total. The number of rotatable bonds is 15. The van der Waals surface area contributed by atoms with Crippen LogP contribution < -0.4 is 15.2 Å². The maximum atomic E-state index is 12.8. The molecule has 40 heavy (non-hydrogen) atoms. The third-order valence-electron chi connectivity index (χ3n) is 7.16. The molecule has 0 spiro atoms. The molecular formula is C30H47NO9. The number of aliphatic carboxylic acids is 1. The number of carbonyl (C=O) groups is 4. The number of hydrogen-bond acceptors (Lipinski definition) is 9. The molecule has 1 aromatic rings. The van der Waals surface area contributed by atoms with Gasteiger partial charge in [-0.05, 0) is 56.2 Å². The number of esters is 2. The predicted molar refractivity (Wildman–Crippen MR) is 150 cm³/mol. The van der Waals surface area contributed by atoms with E-state index in [4.69, 9.17) is 24.7 Å². The summed E-state index contributed by atoms with van der Waals surface area (Å²) in [5.74, 6) is -3.96. The van der Waals surface area contributed by atoms with Crippen molar-refractivity contribution in [3.63, 3.8) is 0 Å². The van der Waals surface area contributed by atoms with Gasteiger partial charge < -0.3 is 29.8 Å². The topological polar surface area (TPSA) is 151 Å². The van der Waals surface area contributed by atoms with Crippen LogP contribution in [0.3, 0.4) is 0 Å². The zero-order valence-corrected chi connectivity index (χ0v) is 25.3. The van der Waals surface area contributed by atoms with E-state index in [-0.39, 0.29) is 35.9 Å². The highest BCUT2D eigenvalue weighted by Crippen LogP contribution is 2.36. The largest absolute Gasteiger partial charge is 0.508 e. The first-order chi connectivity index (χ1) is 18.6. The summed E-state index contributed by atoms with van der Waals surface area (Å²) < 4.78 is 21.9. The van der Waals surface area contributed by atoms with E-state index < -0.39 is 54.0 Å². The van der Waals surface area contributed by atoms with Crippen molar-refractivity contribution in [1.82, 2.24) is 0 Å². The summed E-state index contributed by atoms with van der Waals surface area (Å²) in [5, 5.41) is 9.71. The van der Waals surface area contributed by atoms with E-state index in [0.29, 0.717) is 12.0 Å². The Morgan fingerprint density at radius 3 is 1.77 bits per heavy atom. The van der Waals surface area contributed by atoms with Crippen LogP contribution in [0.5, 0.6) is 11.5 Å². The van der Waals surface area contributed by atoms with Crippen LogP contribution in [0.4, 0.5) is 4.79 Å². The van der Waals surface area contributed by atoms with Gasteiger partial charge in [0.05, 0.1) is 11.8 Å². The van der Waals surface area contributed by atoms with Gasteiger partial charge in [-0.1, -0.05) is 61.0 Å². The summed E-state index contributed by atoms with van der Waals surface area (Å²) in [4.78, 5) is 49.6. The molecule has 226 valence electrons. The molecule has 0 heterocycles. The van der Waals surface area contributed by atoms with E-state index in [1.165, 1.54) is 12.1 Å². The Bertz CT molecular complexity index is 1010. The molecule has 0 aliphatic rings. The summed E-state index contributed by atoms with van der Waals surface area (Å²) in [6.07, 6.45) is -0.350. The van der Waals surface area contributed by atoms with Crippen molar-refractivity contribution >= 4 is 24.1 Å². The molecule has 0 aromatic heterocycles. The number of carboxylic acids is 1. The third-order valence-corrected chi connectivity index (χ3v) is 7.16. The van der Waals surface area contributed by atoms with Gasteiger partial charge in [0.25, 0.3) is 0 Å². The molecule has 0 aliphatic carbocycles. The van der Waals surface area contributed by atoms with Crippen LogP contribution in [-0.2, 0) is 23.9 Å². The third kappa shape index (κ3) is 10.8. The summed E-state index contributed by atoms with van der Waals surface area (Å²) >= 11 is 0. The van der Waals surface area contributed by atoms with Gasteiger partial charge >= 0.3 is 24.1 Å². The lowest BCUT2D eigenvalue weighted by Gasteiger charge is -2.26. The fourth-order valence-corrected chi connectivity index (χ4v) is 3.76. The lowest BCUT2D eigenvalue weighted by atomic mass is 9.87. The normalized spacial score (nSPS) is 15.9. The van der Waals surface area contributed by atoms with E-state index >= 15 is 0 Å². The van der Waals surface area contributed by atoms with Crippen molar-refractivity contribution in [2.45, 2.75) is 106 Å². The van der Waals surface area contributed by atoms with E-state index in [1.54, 1.807) is 33.8 Å². The summed E-state index contributed by atoms with van der Waals surface area (Å²) in [7, 11) is 0. The standard InChI is InChI=1S/C30H47NO9/c1-10-11-18(6)37-30(36)38-19(7)14-23(26(31)27(32)33)22-12-13-24(39-28(34)20(8)16(2)3)25(15-22)40-29(35)21(9)17(4)5/h12-13,15-21,23,26H,10-11,14,31H2,1-9H3,(H,32,33)/t18?,19?,20?,21?,23?,26-/m0/s1.